The van der Waals surface area contributed by atoms with Gasteiger partial charge in [-0.2, -0.15) is 5.10 Å². The SMILES string of the molecule is COCC(CN(C)C)NC(=O)c1cc(NC(=O)c2cc(-c3ncccc3F)ccc2Cl)n(-c2ccccc2)n1. The number of likely N-dealkylation sites (N-methyl/N-ethyl adjacent to an activating group) is 1. The lowest BCUT2D eigenvalue weighted by atomic mass is 10.1. The third kappa shape index (κ3) is 6.85. The highest BCUT2D eigenvalue weighted by Crippen LogP contribution is 2.27. The van der Waals surface area contributed by atoms with Crippen LogP contribution in [0.25, 0.3) is 16.9 Å². The zero-order chi connectivity index (χ0) is 27.9. The minimum atomic E-state index is -0.563. The maximum absolute atomic E-state index is 14.3. The lowest BCUT2D eigenvalue weighted by Gasteiger charge is -2.21. The van der Waals surface area contributed by atoms with Gasteiger partial charge < -0.3 is 20.3 Å². The van der Waals surface area contributed by atoms with E-state index in [1.165, 1.54) is 41.2 Å². The molecule has 2 N–H and O–H groups in total. The number of carbonyl (C=O) groups is 2. The van der Waals surface area contributed by atoms with Crippen molar-refractivity contribution >= 4 is 29.2 Å². The molecular formula is C28H28ClFN6O3. The average molecular weight is 551 g/mol. The Hall–Kier alpha value is -4.12. The highest BCUT2D eigenvalue weighted by Gasteiger charge is 2.22. The van der Waals surface area contributed by atoms with E-state index in [9.17, 15) is 14.0 Å². The summed E-state index contributed by atoms with van der Waals surface area (Å²) in [6, 6.07) is 17.6. The number of ether oxygens (including phenoxy) is 1. The van der Waals surface area contributed by atoms with Gasteiger partial charge in [-0.1, -0.05) is 35.9 Å². The van der Waals surface area contributed by atoms with Gasteiger partial charge in [0.2, 0.25) is 0 Å². The molecule has 4 rings (SSSR count). The fourth-order valence-corrected chi connectivity index (χ4v) is 4.22. The summed E-state index contributed by atoms with van der Waals surface area (Å²) >= 11 is 6.35. The van der Waals surface area contributed by atoms with E-state index in [-0.39, 0.29) is 33.8 Å². The van der Waals surface area contributed by atoms with Crippen LogP contribution in [0.4, 0.5) is 10.2 Å². The van der Waals surface area contributed by atoms with Gasteiger partial charge in [0.15, 0.2) is 5.69 Å². The molecule has 0 bridgehead atoms. The first-order chi connectivity index (χ1) is 18.8. The zero-order valence-electron chi connectivity index (χ0n) is 21.7. The number of amides is 2. The summed E-state index contributed by atoms with van der Waals surface area (Å²) in [7, 11) is 5.36. The molecule has 2 heterocycles. The fourth-order valence-electron chi connectivity index (χ4n) is 4.02. The summed E-state index contributed by atoms with van der Waals surface area (Å²) < 4.78 is 21.0. The van der Waals surface area contributed by atoms with Crippen molar-refractivity contribution < 1.29 is 18.7 Å². The van der Waals surface area contributed by atoms with Crippen LogP contribution in [0.5, 0.6) is 0 Å². The smallest absolute Gasteiger partial charge is 0.272 e. The van der Waals surface area contributed by atoms with Crippen molar-refractivity contribution in [1.82, 2.24) is 25.0 Å². The molecule has 2 aromatic heterocycles. The molecule has 0 fully saturated rings. The summed E-state index contributed by atoms with van der Waals surface area (Å²) in [6.07, 6.45) is 1.47. The monoisotopic (exact) mass is 550 g/mol. The van der Waals surface area contributed by atoms with Gasteiger partial charge >= 0.3 is 0 Å². The van der Waals surface area contributed by atoms with Gasteiger partial charge in [-0.05, 0) is 50.5 Å². The second-order valence-electron chi connectivity index (χ2n) is 9.03. The molecule has 0 aliphatic heterocycles. The van der Waals surface area contributed by atoms with Crippen LogP contribution in [0.3, 0.4) is 0 Å². The molecule has 39 heavy (non-hydrogen) atoms. The summed E-state index contributed by atoms with van der Waals surface area (Å²) in [5.74, 6) is -1.26. The van der Waals surface area contributed by atoms with Gasteiger partial charge in [0.1, 0.15) is 17.3 Å². The van der Waals surface area contributed by atoms with Crippen LogP contribution >= 0.6 is 11.6 Å². The predicted octanol–water partition coefficient (Wildman–Crippen LogP) is 4.29. The number of hydrogen-bond acceptors (Lipinski definition) is 6. The largest absolute Gasteiger partial charge is 0.383 e. The van der Waals surface area contributed by atoms with E-state index in [4.69, 9.17) is 16.3 Å². The Kier molecular flexibility index (Phi) is 9.03. The molecule has 1 atom stereocenters. The quantitative estimate of drug-likeness (QED) is 0.305. The molecule has 0 aliphatic rings. The number of methoxy groups -OCH3 is 1. The molecule has 0 aliphatic carbocycles. The molecule has 202 valence electrons. The van der Waals surface area contributed by atoms with Crippen molar-refractivity contribution in [2.45, 2.75) is 6.04 Å². The number of carbonyl (C=O) groups excluding carboxylic acids is 2. The van der Waals surface area contributed by atoms with Crippen LogP contribution in [0, 0.1) is 5.82 Å². The fraction of sp³-hybridized carbons (Fsp3) is 0.214. The van der Waals surface area contributed by atoms with Crippen LogP contribution in [0.1, 0.15) is 20.8 Å². The number of rotatable bonds is 10. The van der Waals surface area contributed by atoms with Crippen LogP contribution in [0.2, 0.25) is 5.02 Å². The highest BCUT2D eigenvalue weighted by molar-refractivity contribution is 6.34. The molecule has 1 unspecified atom stereocenters. The number of nitrogens with one attached hydrogen (secondary N) is 2. The molecule has 0 saturated carbocycles. The molecule has 4 aromatic rings. The number of para-hydroxylation sites is 1. The Morgan fingerprint density at radius 3 is 2.54 bits per heavy atom. The van der Waals surface area contributed by atoms with Crippen LogP contribution in [-0.2, 0) is 4.74 Å². The molecule has 0 spiro atoms. The standard InChI is InChI=1S/C28H28ClFN6O3/c1-35(2)16-19(17-39-3)32-28(38)24-15-25(36(34-24)20-8-5-4-6-9-20)33-27(37)21-14-18(11-12-22(21)29)26-23(30)10-7-13-31-26/h4-15,19H,16-17H2,1-3H3,(H,32,38)(H,33,37). The normalized spacial score (nSPS) is 11.8. The van der Waals surface area contributed by atoms with E-state index in [0.717, 1.165) is 0 Å². The zero-order valence-corrected chi connectivity index (χ0v) is 22.4. The Morgan fingerprint density at radius 2 is 1.85 bits per heavy atom. The van der Waals surface area contributed by atoms with E-state index in [1.807, 2.05) is 37.2 Å². The summed E-state index contributed by atoms with van der Waals surface area (Å²) in [5.41, 5.74) is 1.33. The van der Waals surface area contributed by atoms with Crippen molar-refractivity contribution in [3.63, 3.8) is 0 Å². The number of benzene rings is 2. The minimum absolute atomic E-state index is 0.0971. The molecule has 2 aromatic carbocycles. The topological polar surface area (TPSA) is 101 Å². The lowest BCUT2D eigenvalue weighted by Crippen LogP contribution is -2.44. The van der Waals surface area contributed by atoms with E-state index in [2.05, 4.69) is 20.7 Å². The molecule has 2 amide bonds. The van der Waals surface area contributed by atoms with Crippen molar-refractivity contribution in [2.75, 3.05) is 39.7 Å². The molecule has 9 nitrogen and oxygen atoms in total. The summed E-state index contributed by atoms with van der Waals surface area (Å²) in [6.45, 7) is 0.882. The second-order valence-corrected chi connectivity index (χ2v) is 9.44. The van der Waals surface area contributed by atoms with E-state index in [1.54, 1.807) is 25.3 Å². The highest BCUT2D eigenvalue weighted by atomic mass is 35.5. The van der Waals surface area contributed by atoms with Crippen LogP contribution in [0.15, 0.2) is 72.9 Å². The summed E-state index contributed by atoms with van der Waals surface area (Å²) in [4.78, 5) is 32.5. The molecule has 0 radical (unpaired) electrons. The van der Waals surface area contributed by atoms with Crippen LogP contribution < -0.4 is 10.6 Å². The third-order valence-corrected chi connectivity index (χ3v) is 6.05. The number of pyridine rings is 1. The van der Waals surface area contributed by atoms with Crippen molar-refractivity contribution in [2.24, 2.45) is 0 Å². The van der Waals surface area contributed by atoms with E-state index < -0.39 is 17.6 Å². The third-order valence-electron chi connectivity index (χ3n) is 5.72. The number of nitrogens with zero attached hydrogens (tertiary/aromatic N) is 4. The summed E-state index contributed by atoms with van der Waals surface area (Å²) in [5, 5.41) is 10.4. The maximum Gasteiger partial charge on any atom is 0.272 e. The number of anilines is 1. The van der Waals surface area contributed by atoms with Gasteiger partial charge in [0, 0.05) is 31.5 Å². The minimum Gasteiger partial charge on any atom is -0.383 e. The number of hydrogen-bond donors (Lipinski definition) is 2. The van der Waals surface area contributed by atoms with Crippen molar-refractivity contribution in [3.05, 3.63) is 95.0 Å². The second kappa shape index (κ2) is 12.6. The van der Waals surface area contributed by atoms with E-state index >= 15 is 0 Å². The predicted molar refractivity (Wildman–Crippen MR) is 148 cm³/mol. The Bertz CT molecular complexity index is 1460. The van der Waals surface area contributed by atoms with Gasteiger partial charge in [-0.15, -0.1) is 0 Å². The Morgan fingerprint density at radius 1 is 1.08 bits per heavy atom. The molecular weight excluding hydrogens is 523 g/mol. The van der Waals surface area contributed by atoms with Crippen molar-refractivity contribution in [3.8, 4) is 16.9 Å². The Balaban J connectivity index is 1.66. The first-order valence-corrected chi connectivity index (χ1v) is 12.5. The van der Waals surface area contributed by atoms with Crippen molar-refractivity contribution in [1.29, 1.82) is 0 Å². The van der Waals surface area contributed by atoms with E-state index in [0.29, 0.717) is 24.4 Å². The first-order valence-electron chi connectivity index (χ1n) is 12.1. The van der Waals surface area contributed by atoms with Crippen LogP contribution in [-0.4, -0.2) is 71.9 Å². The number of aromatic nitrogens is 3. The van der Waals surface area contributed by atoms with Gasteiger partial charge in [0.25, 0.3) is 11.8 Å². The lowest BCUT2D eigenvalue weighted by molar-refractivity contribution is 0.0873. The average Bonchev–Trinajstić information content (AvgIpc) is 3.33. The first kappa shape index (κ1) is 27.9. The molecule has 11 heteroatoms. The number of halogens is 2. The Labute approximate surface area is 230 Å². The maximum atomic E-state index is 14.3. The molecule has 0 saturated heterocycles. The van der Waals surface area contributed by atoms with Gasteiger partial charge in [-0.3, -0.25) is 14.6 Å². The van der Waals surface area contributed by atoms with Gasteiger partial charge in [0.05, 0.1) is 28.9 Å². The van der Waals surface area contributed by atoms with Gasteiger partial charge in [-0.25, -0.2) is 9.07 Å².